The van der Waals surface area contributed by atoms with Gasteiger partial charge in [-0.3, -0.25) is 4.79 Å². The lowest BCUT2D eigenvalue weighted by atomic mass is 10.1. The highest BCUT2D eigenvalue weighted by molar-refractivity contribution is 6.30. The summed E-state index contributed by atoms with van der Waals surface area (Å²) in [5.74, 6) is -0.0356. The zero-order valence-corrected chi connectivity index (χ0v) is 17.3. The molecule has 0 atom stereocenters. The maximum Gasteiger partial charge on any atom is 0.343 e. The van der Waals surface area contributed by atoms with Crippen LogP contribution in [0.15, 0.2) is 54.1 Å². The van der Waals surface area contributed by atoms with Crippen LogP contribution >= 0.6 is 11.6 Å². The fourth-order valence-electron chi connectivity index (χ4n) is 3.08. The second kappa shape index (κ2) is 8.97. The van der Waals surface area contributed by atoms with Crippen molar-refractivity contribution in [1.29, 1.82) is 0 Å². The Morgan fingerprint density at radius 2 is 1.83 bits per heavy atom. The Kier molecular flexibility index (Phi) is 6.39. The van der Waals surface area contributed by atoms with Gasteiger partial charge in [0.05, 0.1) is 5.57 Å². The van der Waals surface area contributed by atoms with Crippen LogP contribution in [0.25, 0.3) is 11.8 Å². The molecule has 0 saturated heterocycles. The van der Waals surface area contributed by atoms with E-state index in [-0.39, 0.29) is 0 Å². The normalized spacial score (nSPS) is 14.6. The summed E-state index contributed by atoms with van der Waals surface area (Å²) >= 11 is 5.91. The number of carbonyl (C=O) groups excluding carboxylic acids is 2. The maximum atomic E-state index is 12.3. The molecule has 0 N–H and O–H groups in total. The van der Waals surface area contributed by atoms with Crippen molar-refractivity contribution in [1.82, 2.24) is 0 Å². The Labute approximate surface area is 175 Å². The predicted molar refractivity (Wildman–Crippen MR) is 115 cm³/mol. The minimum Gasteiger partial charge on any atom is -0.426 e. The first-order chi connectivity index (χ1) is 13.9. The summed E-state index contributed by atoms with van der Waals surface area (Å²) in [7, 11) is 0. The van der Waals surface area contributed by atoms with E-state index in [1.165, 1.54) is 6.92 Å². The van der Waals surface area contributed by atoms with E-state index in [1.54, 1.807) is 36.4 Å². The minimum absolute atomic E-state index is 0.374. The SMILES string of the molecule is CCN(CC)c1ccc(/C=C2\C=C(c3ccc(Cl)cc3)OC2=O)c(OC(C)=O)c1. The van der Waals surface area contributed by atoms with E-state index in [1.807, 2.05) is 18.2 Å². The molecule has 1 aliphatic rings. The predicted octanol–water partition coefficient (Wildman–Crippen LogP) is 5.09. The van der Waals surface area contributed by atoms with Gasteiger partial charge in [0, 0.05) is 47.9 Å². The largest absolute Gasteiger partial charge is 0.426 e. The average Bonchev–Trinajstić information content (AvgIpc) is 3.05. The van der Waals surface area contributed by atoms with Gasteiger partial charge in [-0.1, -0.05) is 11.6 Å². The number of cyclic esters (lactones) is 1. The van der Waals surface area contributed by atoms with E-state index in [2.05, 4.69) is 18.7 Å². The number of hydrogen-bond acceptors (Lipinski definition) is 5. The van der Waals surface area contributed by atoms with E-state index in [9.17, 15) is 9.59 Å². The van der Waals surface area contributed by atoms with Crippen molar-refractivity contribution in [3.8, 4) is 5.75 Å². The molecule has 0 fully saturated rings. The Balaban J connectivity index is 1.98. The number of rotatable bonds is 6. The lowest BCUT2D eigenvalue weighted by Crippen LogP contribution is -2.21. The summed E-state index contributed by atoms with van der Waals surface area (Å²) in [5.41, 5.74) is 2.69. The average molecular weight is 412 g/mol. The van der Waals surface area contributed by atoms with Crippen LogP contribution in [0.5, 0.6) is 5.75 Å². The molecule has 0 aromatic heterocycles. The monoisotopic (exact) mass is 411 g/mol. The van der Waals surface area contributed by atoms with E-state index < -0.39 is 11.9 Å². The highest BCUT2D eigenvalue weighted by Crippen LogP contribution is 2.32. The Morgan fingerprint density at radius 3 is 2.45 bits per heavy atom. The van der Waals surface area contributed by atoms with Gasteiger partial charge in [-0.05, 0) is 62.4 Å². The maximum absolute atomic E-state index is 12.3. The van der Waals surface area contributed by atoms with Crippen molar-refractivity contribution in [3.63, 3.8) is 0 Å². The number of hydrogen-bond donors (Lipinski definition) is 0. The third-order valence-electron chi connectivity index (χ3n) is 4.54. The van der Waals surface area contributed by atoms with Gasteiger partial charge in [0.2, 0.25) is 0 Å². The number of nitrogens with zero attached hydrogens (tertiary/aromatic N) is 1. The van der Waals surface area contributed by atoms with Crippen LogP contribution in [-0.2, 0) is 14.3 Å². The lowest BCUT2D eigenvalue weighted by molar-refractivity contribution is -0.132. The molecule has 2 aromatic carbocycles. The molecular formula is C23H22ClNO4. The minimum atomic E-state index is -0.462. The zero-order valence-electron chi connectivity index (χ0n) is 16.6. The fourth-order valence-corrected chi connectivity index (χ4v) is 3.21. The fraction of sp³-hybridized carbons (Fsp3) is 0.217. The van der Waals surface area contributed by atoms with Crippen LogP contribution in [0.2, 0.25) is 5.02 Å². The quantitative estimate of drug-likeness (QED) is 0.376. The Bertz CT molecular complexity index is 988. The van der Waals surface area contributed by atoms with Crippen LogP contribution in [0.4, 0.5) is 5.69 Å². The molecular weight excluding hydrogens is 390 g/mol. The van der Waals surface area contributed by atoms with Crippen LogP contribution in [-0.4, -0.2) is 25.0 Å². The molecule has 6 heteroatoms. The molecule has 0 bridgehead atoms. The zero-order chi connectivity index (χ0) is 21.0. The molecule has 150 valence electrons. The van der Waals surface area contributed by atoms with Gasteiger partial charge in [-0.15, -0.1) is 0 Å². The van der Waals surface area contributed by atoms with Gasteiger partial charge in [0.15, 0.2) is 0 Å². The number of anilines is 1. The third-order valence-corrected chi connectivity index (χ3v) is 4.80. The van der Waals surface area contributed by atoms with Crippen molar-refractivity contribution >= 4 is 41.1 Å². The first-order valence-electron chi connectivity index (χ1n) is 9.40. The van der Waals surface area contributed by atoms with Crippen molar-refractivity contribution in [2.75, 3.05) is 18.0 Å². The third kappa shape index (κ3) is 4.87. The summed E-state index contributed by atoms with van der Waals surface area (Å²) in [4.78, 5) is 26.1. The van der Waals surface area contributed by atoms with E-state index >= 15 is 0 Å². The van der Waals surface area contributed by atoms with Crippen LogP contribution < -0.4 is 9.64 Å². The molecule has 0 amide bonds. The summed E-state index contributed by atoms with van der Waals surface area (Å²) in [6.45, 7) is 7.13. The summed E-state index contributed by atoms with van der Waals surface area (Å²) in [5, 5.41) is 0.605. The van der Waals surface area contributed by atoms with Gasteiger partial charge in [-0.25, -0.2) is 4.79 Å². The molecule has 1 heterocycles. The second-order valence-electron chi connectivity index (χ2n) is 6.49. The van der Waals surface area contributed by atoms with E-state index in [0.717, 1.165) is 24.3 Å². The van der Waals surface area contributed by atoms with Gasteiger partial charge in [-0.2, -0.15) is 0 Å². The molecule has 3 rings (SSSR count). The van der Waals surface area contributed by atoms with Crippen molar-refractivity contribution < 1.29 is 19.1 Å². The van der Waals surface area contributed by atoms with Gasteiger partial charge < -0.3 is 14.4 Å². The van der Waals surface area contributed by atoms with Gasteiger partial charge in [0.1, 0.15) is 11.5 Å². The Morgan fingerprint density at radius 1 is 1.14 bits per heavy atom. The molecule has 0 saturated carbocycles. The molecule has 1 aliphatic heterocycles. The molecule has 0 aliphatic carbocycles. The van der Waals surface area contributed by atoms with E-state index in [0.29, 0.717) is 27.7 Å². The molecule has 2 aromatic rings. The Hall–Kier alpha value is -3.05. The number of esters is 2. The number of halogens is 1. The van der Waals surface area contributed by atoms with Gasteiger partial charge >= 0.3 is 11.9 Å². The van der Waals surface area contributed by atoms with Crippen molar-refractivity contribution in [2.24, 2.45) is 0 Å². The first-order valence-corrected chi connectivity index (χ1v) is 9.78. The molecule has 5 nitrogen and oxygen atoms in total. The topological polar surface area (TPSA) is 55.8 Å². The van der Waals surface area contributed by atoms with E-state index in [4.69, 9.17) is 21.1 Å². The molecule has 29 heavy (non-hydrogen) atoms. The first kappa shape index (κ1) is 20.7. The number of ether oxygens (including phenoxy) is 2. The summed E-state index contributed by atoms with van der Waals surface area (Å²) < 4.78 is 10.8. The summed E-state index contributed by atoms with van der Waals surface area (Å²) in [6, 6.07) is 12.6. The highest BCUT2D eigenvalue weighted by atomic mass is 35.5. The van der Waals surface area contributed by atoms with Crippen LogP contribution in [0, 0.1) is 0 Å². The van der Waals surface area contributed by atoms with Crippen molar-refractivity contribution in [2.45, 2.75) is 20.8 Å². The van der Waals surface area contributed by atoms with Gasteiger partial charge in [0.25, 0.3) is 0 Å². The molecule has 0 spiro atoms. The van der Waals surface area contributed by atoms with Crippen LogP contribution in [0.3, 0.4) is 0 Å². The number of benzene rings is 2. The smallest absolute Gasteiger partial charge is 0.343 e. The lowest BCUT2D eigenvalue weighted by Gasteiger charge is -2.22. The van der Waals surface area contributed by atoms with Crippen LogP contribution in [0.1, 0.15) is 31.9 Å². The highest BCUT2D eigenvalue weighted by Gasteiger charge is 2.23. The second-order valence-corrected chi connectivity index (χ2v) is 6.93. The standard InChI is InChI=1S/C23H22ClNO4/c1-4-25(5-2)20-11-8-17(22(14-20)28-15(3)26)12-18-13-21(29-23(18)27)16-6-9-19(24)10-7-16/h6-14H,4-5H2,1-3H3/b18-12+. The van der Waals surface area contributed by atoms with Crippen molar-refractivity contribution in [3.05, 3.63) is 70.3 Å². The number of carbonyl (C=O) groups is 2. The molecule has 0 unspecified atom stereocenters. The molecule has 0 radical (unpaired) electrons. The summed E-state index contributed by atoms with van der Waals surface area (Å²) in [6.07, 6.45) is 3.33.